The second-order valence-electron chi connectivity index (χ2n) is 7.41. The normalized spacial score (nSPS) is 15.1. The van der Waals surface area contributed by atoms with E-state index in [0.29, 0.717) is 19.6 Å². The maximum atomic E-state index is 12.8. The lowest BCUT2D eigenvalue weighted by molar-refractivity contribution is -0.128. The summed E-state index contributed by atoms with van der Waals surface area (Å²) < 4.78 is 0. The fraction of sp³-hybridized carbons (Fsp3) is 0.333. The first kappa shape index (κ1) is 21.6. The van der Waals surface area contributed by atoms with E-state index < -0.39 is 0 Å². The number of rotatable bonds is 7. The van der Waals surface area contributed by atoms with E-state index in [9.17, 15) is 10.1 Å². The number of piperazine rings is 1. The van der Waals surface area contributed by atoms with Gasteiger partial charge in [-0.05, 0) is 11.1 Å². The van der Waals surface area contributed by atoms with Gasteiger partial charge in [-0.3, -0.25) is 9.69 Å². The van der Waals surface area contributed by atoms with Gasteiger partial charge in [-0.25, -0.2) is 0 Å². The lowest BCUT2D eigenvalue weighted by Crippen LogP contribution is -2.50. The van der Waals surface area contributed by atoms with E-state index in [4.69, 9.17) is 5.11 Å². The summed E-state index contributed by atoms with van der Waals surface area (Å²) in [4.78, 5) is 18.6. The molecular weight excluding hydrogens is 376 g/mol. The molecule has 30 heavy (non-hydrogen) atoms. The van der Waals surface area contributed by atoms with Crippen LogP contribution in [0.1, 0.15) is 17.2 Å². The van der Waals surface area contributed by atoms with Crippen LogP contribution in [0.3, 0.4) is 0 Å². The summed E-state index contributed by atoms with van der Waals surface area (Å²) in [6.07, 6.45) is 1.52. The molecule has 1 aliphatic rings. The lowest BCUT2D eigenvalue weighted by Gasteiger charge is -2.39. The van der Waals surface area contributed by atoms with Gasteiger partial charge in [0.15, 0.2) is 0 Å². The van der Waals surface area contributed by atoms with Gasteiger partial charge in [0.2, 0.25) is 0 Å². The van der Waals surface area contributed by atoms with Crippen LogP contribution in [0.25, 0.3) is 0 Å². The monoisotopic (exact) mass is 404 g/mol. The Bertz CT molecular complexity index is 845. The Hall–Kier alpha value is -3.14. The first-order chi connectivity index (χ1) is 14.6. The number of hydrogen-bond acceptors (Lipinski definition) is 5. The zero-order chi connectivity index (χ0) is 21.3. The Balaban J connectivity index is 1.73. The maximum absolute atomic E-state index is 12.8. The fourth-order valence-corrected chi connectivity index (χ4v) is 3.81. The van der Waals surface area contributed by atoms with Gasteiger partial charge in [-0.15, -0.1) is 0 Å². The zero-order valence-electron chi connectivity index (χ0n) is 17.3. The number of amides is 1. The Morgan fingerprint density at radius 3 is 2.07 bits per heavy atom. The quantitative estimate of drug-likeness (QED) is 0.566. The molecule has 1 fully saturated rings. The molecule has 1 amide bonds. The third-order valence-corrected chi connectivity index (χ3v) is 5.35. The number of aliphatic hydroxyl groups is 1. The van der Waals surface area contributed by atoms with Crippen molar-refractivity contribution in [3.05, 3.63) is 83.6 Å². The van der Waals surface area contributed by atoms with E-state index in [1.165, 1.54) is 17.3 Å². The summed E-state index contributed by atoms with van der Waals surface area (Å²) in [7, 11) is 1.74. The Morgan fingerprint density at radius 1 is 1.07 bits per heavy atom. The number of hydrogen-bond donors (Lipinski definition) is 1. The van der Waals surface area contributed by atoms with Crippen LogP contribution in [0.15, 0.2) is 72.4 Å². The highest BCUT2D eigenvalue weighted by molar-refractivity contribution is 5.97. The maximum Gasteiger partial charge on any atom is 0.266 e. The van der Waals surface area contributed by atoms with Crippen LogP contribution in [-0.4, -0.2) is 72.1 Å². The molecule has 2 aromatic rings. The van der Waals surface area contributed by atoms with E-state index in [-0.39, 0.29) is 24.1 Å². The largest absolute Gasteiger partial charge is 0.395 e. The molecule has 6 nitrogen and oxygen atoms in total. The molecule has 0 aromatic heterocycles. The molecule has 0 bridgehead atoms. The first-order valence-electron chi connectivity index (χ1n) is 10.2. The van der Waals surface area contributed by atoms with Gasteiger partial charge in [0.05, 0.1) is 12.6 Å². The Labute approximate surface area is 178 Å². The van der Waals surface area contributed by atoms with Crippen LogP contribution in [0.2, 0.25) is 0 Å². The number of likely N-dealkylation sites (N-methyl/N-ethyl adjacent to an activating group) is 1. The number of carbonyl (C=O) groups excluding carboxylic acids is 1. The minimum Gasteiger partial charge on any atom is -0.395 e. The molecule has 1 saturated heterocycles. The number of aliphatic hydroxyl groups excluding tert-OH is 1. The van der Waals surface area contributed by atoms with Crippen molar-refractivity contribution in [1.29, 1.82) is 5.26 Å². The smallest absolute Gasteiger partial charge is 0.266 e. The highest BCUT2D eigenvalue weighted by Gasteiger charge is 2.29. The number of benzene rings is 2. The summed E-state index contributed by atoms with van der Waals surface area (Å²) in [5.41, 5.74) is 2.56. The third-order valence-electron chi connectivity index (χ3n) is 5.35. The van der Waals surface area contributed by atoms with Gasteiger partial charge in [0.25, 0.3) is 5.91 Å². The first-order valence-corrected chi connectivity index (χ1v) is 10.2. The van der Waals surface area contributed by atoms with Crippen LogP contribution in [0.4, 0.5) is 0 Å². The number of carbonyl (C=O) groups is 1. The average molecular weight is 405 g/mol. The van der Waals surface area contributed by atoms with Crippen molar-refractivity contribution in [3.63, 3.8) is 0 Å². The Kier molecular flexibility index (Phi) is 7.61. The van der Waals surface area contributed by atoms with Gasteiger partial charge < -0.3 is 14.9 Å². The summed E-state index contributed by atoms with van der Waals surface area (Å²) in [6.45, 7) is 2.94. The second kappa shape index (κ2) is 10.6. The predicted molar refractivity (Wildman–Crippen MR) is 116 cm³/mol. The van der Waals surface area contributed by atoms with E-state index in [0.717, 1.165) is 13.1 Å². The van der Waals surface area contributed by atoms with E-state index in [2.05, 4.69) is 53.4 Å². The van der Waals surface area contributed by atoms with E-state index >= 15 is 0 Å². The van der Waals surface area contributed by atoms with Crippen LogP contribution in [0.5, 0.6) is 0 Å². The van der Waals surface area contributed by atoms with Crippen LogP contribution < -0.4 is 0 Å². The molecule has 3 rings (SSSR count). The van der Waals surface area contributed by atoms with Gasteiger partial charge in [0, 0.05) is 46.0 Å². The Morgan fingerprint density at radius 2 is 1.60 bits per heavy atom. The molecule has 0 unspecified atom stereocenters. The standard InChI is InChI=1S/C24H28N4O2/c1-26(16-17-29)19-22(18-25)24(30)28-14-12-27(13-15-28)23(20-8-4-2-5-9-20)21-10-6-3-7-11-21/h2-11,19,23,29H,12-17H2,1H3/b22-19-. The van der Waals surface area contributed by atoms with Crippen molar-refractivity contribution in [3.8, 4) is 6.07 Å². The summed E-state index contributed by atoms with van der Waals surface area (Å²) in [5, 5.41) is 18.4. The van der Waals surface area contributed by atoms with E-state index in [1.54, 1.807) is 16.8 Å². The SMILES string of the molecule is CN(/C=C(/C#N)C(=O)N1CCN(C(c2ccccc2)c2ccccc2)CC1)CCO. The molecule has 0 atom stereocenters. The minimum atomic E-state index is -0.252. The summed E-state index contributed by atoms with van der Waals surface area (Å²) >= 11 is 0. The molecule has 1 N–H and O–H groups in total. The van der Waals surface area contributed by atoms with Crippen LogP contribution in [-0.2, 0) is 4.79 Å². The zero-order valence-corrected chi connectivity index (χ0v) is 17.3. The topological polar surface area (TPSA) is 70.8 Å². The van der Waals surface area contributed by atoms with E-state index in [1.807, 2.05) is 18.2 Å². The van der Waals surface area contributed by atoms with Crippen LogP contribution >= 0.6 is 0 Å². The van der Waals surface area contributed by atoms with Crippen molar-refractivity contribution in [1.82, 2.24) is 14.7 Å². The highest BCUT2D eigenvalue weighted by atomic mass is 16.3. The van der Waals surface area contributed by atoms with Gasteiger partial charge in [0.1, 0.15) is 11.6 Å². The third kappa shape index (κ3) is 5.26. The van der Waals surface area contributed by atoms with Gasteiger partial charge >= 0.3 is 0 Å². The molecule has 0 saturated carbocycles. The molecule has 6 heteroatoms. The molecule has 0 radical (unpaired) electrons. The van der Waals surface area contributed by atoms with Crippen molar-refractivity contribution in [2.24, 2.45) is 0 Å². The molecule has 0 aliphatic carbocycles. The van der Waals surface area contributed by atoms with Crippen molar-refractivity contribution in [2.45, 2.75) is 6.04 Å². The fourth-order valence-electron chi connectivity index (χ4n) is 3.81. The lowest BCUT2D eigenvalue weighted by atomic mass is 9.96. The number of nitrogens with zero attached hydrogens (tertiary/aromatic N) is 4. The molecular formula is C24H28N4O2. The van der Waals surface area contributed by atoms with Crippen LogP contribution in [0, 0.1) is 11.3 Å². The number of nitriles is 1. The predicted octanol–water partition coefficient (Wildman–Crippen LogP) is 2.25. The highest BCUT2D eigenvalue weighted by Crippen LogP contribution is 2.29. The molecule has 1 aliphatic heterocycles. The molecule has 1 heterocycles. The molecule has 2 aromatic carbocycles. The average Bonchev–Trinajstić information content (AvgIpc) is 2.79. The van der Waals surface area contributed by atoms with Crippen molar-refractivity contribution < 1.29 is 9.90 Å². The summed E-state index contributed by atoms with van der Waals surface area (Å²) in [5.74, 6) is -0.252. The van der Waals surface area contributed by atoms with Crippen molar-refractivity contribution >= 4 is 5.91 Å². The summed E-state index contributed by atoms with van der Waals surface area (Å²) in [6, 6.07) is 23.0. The second-order valence-corrected chi connectivity index (χ2v) is 7.41. The van der Waals surface area contributed by atoms with Crippen molar-refractivity contribution in [2.75, 3.05) is 46.4 Å². The van der Waals surface area contributed by atoms with Gasteiger partial charge in [-0.1, -0.05) is 60.7 Å². The van der Waals surface area contributed by atoms with Gasteiger partial charge in [-0.2, -0.15) is 5.26 Å². The minimum absolute atomic E-state index is 0.0288. The molecule has 156 valence electrons. The molecule has 0 spiro atoms.